The Morgan fingerprint density at radius 2 is 2.25 bits per heavy atom. The van der Waals surface area contributed by atoms with Crippen molar-refractivity contribution in [3.05, 3.63) is 0 Å². The number of aliphatic imine (C=N–C) groups is 1. The number of carbonyl (C=O) groups is 1. The van der Waals surface area contributed by atoms with Gasteiger partial charge in [-0.05, 0) is 12.2 Å². The average molecular weight is 188 g/mol. The monoisotopic (exact) mass is 188 g/mol. The van der Waals surface area contributed by atoms with Crippen molar-refractivity contribution in [1.29, 1.82) is 0 Å². The molecule has 0 saturated heterocycles. The van der Waals surface area contributed by atoms with Gasteiger partial charge in [-0.15, -0.1) is 0 Å². The zero-order chi connectivity index (χ0) is 9.78. The molecule has 68 valence electrons. The lowest BCUT2D eigenvalue weighted by Crippen LogP contribution is -2.51. The van der Waals surface area contributed by atoms with E-state index in [4.69, 9.17) is 5.73 Å². The number of carbonyl (C=O) groups excluding carboxylic acids is 1. The second-order valence-electron chi connectivity index (χ2n) is 2.67. The number of nitrogens with zero attached hydrogens (tertiary/aromatic N) is 1. The third kappa shape index (κ3) is 2.11. The van der Waals surface area contributed by atoms with E-state index >= 15 is 0 Å². The molecule has 0 bridgehead atoms. The molecule has 0 spiro atoms. The van der Waals surface area contributed by atoms with Crippen LogP contribution in [0.5, 0.6) is 0 Å². The molecule has 0 radical (unpaired) electrons. The van der Waals surface area contributed by atoms with Crippen molar-refractivity contribution in [2.24, 2.45) is 16.6 Å². The van der Waals surface area contributed by atoms with Crippen molar-refractivity contribution in [3.8, 4) is 0 Å². The van der Waals surface area contributed by atoms with Gasteiger partial charge in [-0.3, -0.25) is 5.73 Å². The minimum absolute atomic E-state index is 0.180. The number of methoxy groups -OCH3 is 1. The van der Waals surface area contributed by atoms with E-state index in [1.165, 1.54) is 7.11 Å². The molecule has 0 aliphatic heterocycles. The Labute approximate surface area is 76.8 Å². The van der Waals surface area contributed by atoms with E-state index < -0.39 is 11.6 Å². The molecule has 0 saturated carbocycles. The summed E-state index contributed by atoms with van der Waals surface area (Å²) in [6.07, 6.45) is 0. The molecule has 5 heteroatoms. The number of hydrogen-bond acceptors (Lipinski definition) is 5. The summed E-state index contributed by atoms with van der Waals surface area (Å²) < 4.78 is 4.49. The van der Waals surface area contributed by atoms with E-state index in [0.29, 0.717) is 0 Å². The maximum Gasteiger partial charge on any atom is 0.349 e. The fourth-order valence-electron chi connectivity index (χ4n) is 0.649. The summed E-state index contributed by atoms with van der Waals surface area (Å²) in [5.41, 5.74) is 4.24. The van der Waals surface area contributed by atoms with Crippen molar-refractivity contribution in [2.75, 3.05) is 7.11 Å². The fourth-order valence-corrected chi connectivity index (χ4v) is 0.801. The Bertz CT molecular complexity index is 223. The van der Waals surface area contributed by atoms with E-state index in [1.54, 1.807) is 13.8 Å². The summed E-state index contributed by atoms with van der Waals surface area (Å²) in [5, 5.41) is 2.09. The number of isothiocyanates is 1. The van der Waals surface area contributed by atoms with E-state index in [1.807, 2.05) is 0 Å². The van der Waals surface area contributed by atoms with Crippen molar-refractivity contribution < 1.29 is 9.53 Å². The summed E-state index contributed by atoms with van der Waals surface area (Å²) in [4.78, 5) is 14.7. The van der Waals surface area contributed by atoms with Gasteiger partial charge in [0.05, 0.1) is 12.3 Å². The highest BCUT2D eigenvalue weighted by molar-refractivity contribution is 7.78. The maximum absolute atomic E-state index is 11.1. The molecule has 1 atom stereocenters. The molecule has 0 aromatic carbocycles. The zero-order valence-electron chi connectivity index (χ0n) is 7.33. The molecule has 0 rings (SSSR count). The molecule has 4 nitrogen and oxygen atoms in total. The van der Waals surface area contributed by atoms with Gasteiger partial charge in [0.15, 0.2) is 0 Å². The predicted molar refractivity (Wildman–Crippen MR) is 48.8 cm³/mol. The van der Waals surface area contributed by atoms with Crippen LogP contribution in [0.1, 0.15) is 13.8 Å². The van der Waals surface area contributed by atoms with Gasteiger partial charge in [-0.1, -0.05) is 13.8 Å². The molecule has 2 N–H and O–H groups in total. The summed E-state index contributed by atoms with van der Waals surface area (Å²) >= 11 is 4.38. The number of thiocarbonyl (C=S) groups is 1. The van der Waals surface area contributed by atoms with Crippen LogP contribution in [-0.4, -0.2) is 23.9 Å². The highest BCUT2D eigenvalue weighted by Crippen LogP contribution is 2.16. The highest BCUT2D eigenvalue weighted by atomic mass is 32.1. The fraction of sp³-hybridized carbons (Fsp3) is 0.714. The minimum atomic E-state index is -1.39. The first kappa shape index (κ1) is 11.2. The summed E-state index contributed by atoms with van der Waals surface area (Å²) in [6, 6.07) is 0. The van der Waals surface area contributed by atoms with Gasteiger partial charge >= 0.3 is 5.97 Å². The van der Waals surface area contributed by atoms with Gasteiger partial charge in [0, 0.05) is 5.92 Å². The lowest BCUT2D eigenvalue weighted by molar-refractivity contribution is -0.148. The zero-order valence-corrected chi connectivity index (χ0v) is 8.14. The second-order valence-corrected chi connectivity index (χ2v) is 2.86. The Kier molecular flexibility index (Phi) is 4.03. The van der Waals surface area contributed by atoms with Gasteiger partial charge in [0.25, 0.3) is 0 Å². The maximum atomic E-state index is 11.1. The Morgan fingerprint density at radius 3 is 2.50 bits per heavy atom. The van der Waals surface area contributed by atoms with Crippen molar-refractivity contribution in [1.82, 2.24) is 0 Å². The Hall–Kier alpha value is -0.770. The number of esters is 1. The Morgan fingerprint density at radius 1 is 1.75 bits per heavy atom. The van der Waals surface area contributed by atoms with Crippen LogP contribution in [0.15, 0.2) is 4.99 Å². The summed E-state index contributed by atoms with van der Waals surface area (Å²) in [5.74, 6) is -0.782. The number of ether oxygens (including phenoxy) is 1. The molecule has 0 aliphatic rings. The predicted octanol–water partition coefficient (Wildman–Crippen LogP) is 0.573. The SMILES string of the molecule is COC(=O)[C@](N)(N=C=S)C(C)C. The topological polar surface area (TPSA) is 64.7 Å². The molecular weight excluding hydrogens is 176 g/mol. The lowest BCUT2D eigenvalue weighted by atomic mass is 9.98. The normalized spacial score (nSPS) is 14.8. The number of rotatable bonds is 3. The summed E-state index contributed by atoms with van der Waals surface area (Å²) in [6.45, 7) is 3.51. The smallest absolute Gasteiger partial charge is 0.349 e. The molecule has 0 heterocycles. The molecule has 0 amide bonds. The van der Waals surface area contributed by atoms with Gasteiger partial charge in [-0.25, -0.2) is 4.79 Å². The van der Waals surface area contributed by atoms with Crippen LogP contribution in [0, 0.1) is 5.92 Å². The average Bonchev–Trinajstić information content (AvgIpc) is 2.03. The first-order chi connectivity index (χ1) is 5.49. The molecule has 0 aromatic heterocycles. The van der Waals surface area contributed by atoms with Crippen LogP contribution in [0.2, 0.25) is 0 Å². The van der Waals surface area contributed by atoms with Crippen LogP contribution in [0.4, 0.5) is 0 Å². The molecule has 0 fully saturated rings. The van der Waals surface area contributed by atoms with E-state index in [2.05, 4.69) is 27.1 Å². The first-order valence-electron chi connectivity index (χ1n) is 3.45. The van der Waals surface area contributed by atoms with Crippen molar-refractivity contribution in [3.63, 3.8) is 0 Å². The van der Waals surface area contributed by atoms with Gasteiger partial charge in [0.1, 0.15) is 0 Å². The Balaban J connectivity index is 4.85. The quantitative estimate of drug-likeness (QED) is 0.399. The third-order valence-corrected chi connectivity index (χ3v) is 1.71. The first-order valence-corrected chi connectivity index (χ1v) is 3.86. The molecule has 0 unspecified atom stereocenters. The minimum Gasteiger partial charge on any atom is -0.466 e. The van der Waals surface area contributed by atoms with Crippen LogP contribution in [-0.2, 0) is 9.53 Å². The summed E-state index contributed by atoms with van der Waals surface area (Å²) in [7, 11) is 1.26. The largest absolute Gasteiger partial charge is 0.466 e. The molecule has 0 aromatic rings. The highest BCUT2D eigenvalue weighted by Gasteiger charge is 2.38. The van der Waals surface area contributed by atoms with E-state index in [0.717, 1.165) is 0 Å². The van der Waals surface area contributed by atoms with Gasteiger partial charge in [-0.2, -0.15) is 4.99 Å². The standard InChI is InChI=1S/C7H12N2O2S/c1-5(2)7(8,9-4-12)6(10)11-3/h5H,8H2,1-3H3/t7-/m1/s1. The number of hydrogen-bond donors (Lipinski definition) is 1. The molecule has 12 heavy (non-hydrogen) atoms. The van der Waals surface area contributed by atoms with E-state index in [9.17, 15) is 4.79 Å². The van der Waals surface area contributed by atoms with Crippen LogP contribution in [0.25, 0.3) is 0 Å². The van der Waals surface area contributed by atoms with E-state index in [-0.39, 0.29) is 5.92 Å². The van der Waals surface area contributed by atoms with Crippen LogP contribution in [0.3, 0.4) is 0 Å². The van der Waals surface area contributed by atoms with Crippen LogP contribution >= 0.6 is 12.2 Å². The van der Waals surface area contributed by atoms with Crippen LogP contribution < -0.4 is 5.73 Å². The van der Waals surface area contributed by atoms with Crippen molar-refractivity contribution >= 4 is 23.3 Å². The number of nitrogens with two attached hydrogens (primary N) is 1. The second kappa shape index (κ2) is 4.30. The van der Waals surface area contributed by atoms with Gasteiger partial charge in [0.2, 0.25) is 5.66 Å². The molecular formula is C7H12N2O2S. The van der Waals surface area contributed by atoms with Gasteiger partial charge < -0.3 is 4.74 Å². The lowest BCUT2D eigenvalue weighted by Gasteiger charge is -2.24. The van der Waals surface area contributed by atoms with Crippen molar-refractivity contribution in [2.45, 2.75) is 19.5 Å². The molecule has 0 aliphatic carbocycles. The third-order valence-electron chi connectivity index (χ3n) is 1.62.